The fourth-order valence-electron chi connectivity index (χ4n) is 4.27. The minimum absolute atomic E-state index is 0.00558. The van der Waals surface area contributed by atoms with Gasteiger partial charge in [-0.1, -0.05) is 6.07 Å². The van der Waals surface area contributed by atoms with E-state index in [1.165, 1.54) is 0 Å². The third kappa shape index (κ3) is 4.53. The average Bonchev–Trinajstić information content (AvgIpc) is 3.43. The molecule has 33 heavy (non-hydrogen) atoms. The SMILES string of the molecule is COCCNC(=O)[C@H]1CC[C@H](Nc2ncc3c(Br)nn(-c4ccc5ncccc5c4)c3n2)C1. The van der Waals surface area contributed by atoms with Gasteiger partial charge in [0.15, 0.2) is 5.65 Å². The number of carbonyl (C=O) groups is 1. The first kappa shape index (κ1) is 21.7. The number of nitrogens with zero attached hydrogens (tertiary/aromatic N) is 5. The lowest BCUT2D eigenvalue weighted by Gasteiger charge is -2.14. The molecule has 4 aromatic rings. The molecule has 0 saturated heterocycles. The number of aromatic nitrogens is 5. The molecule has 2 atom stereocenters. The summed E-state index contributed by atoms with van der Waals surface area (Å²) in [7, 11) is 1.63. The predicted octanol–water partition coefficient (Wildman–Crippen LogP) is 3.47. The van der Waals surface area contributed by atoms with Crippen LogP contribution in [0.4, 0.5) is 5.95 Å². The number of benzene rings is 1. The Hall–Kier alpha value is -3.11. The van der Waals surface area contributed by atoms with Crippen molar-refractivity contribution in [3.63, 3.8) is 0 Å². The largest absolute Gasteiger partial charge is 0.383 e. The van der Waals surface area contributed by atoms with E-state index in [1.54, 1.807) is 24.2 Å². The summed E-state index contributed by atoms with van der Waals surface area (Å²) in [5.74, 6) is 0.610. The van der Waals surface area contributed by atoms with Gasteiger partial charge in [0.1, 0.15) is 4.60 Å². The second kappa shape index (κ2) is 9.40. The summed E-state index contributed by atoms with van der Waals surface area (Å²) in [6.45, 7) is 1.05. The highest BCUT2D eigenvalue weighted by atomic mass is 79.9. The molecule has 0 unspecified atom stereocenters. The second-order valence-corrected chi connectivity index (χ2v) is 8.90. The quantitative estimate of drug-likeness (QED) is 0.367. The Balaban J connectivity index is 1.36. The van der Waals surface area contributed by atoms with Crippen LogP contribution in [0.15, 0.2) is 47.3 Å². The predicted molar refractivity (Wildman–Crippen MR) is 129 cm³/mol. The van der Waals surface area contributed by atoms with E-state index < -0.39 is 0 Å². The van der Waals surface area contributed by atoms with Gasteiger partial charge in [-0.3, -0.25) is 9.78 Å². The number of pyridine rings is 1. The number of halogens is 1. The summed E-state index contributed by atoms with van der Waals surface area (Å²) in [5, 5.41) is 12.8. The maximum atomic E-state index is 12.3. The Morgan fingerprint density at radius 1 is 1.27 bits per heavy atom. The van der Waals surface area contributed by atoms with Crippen molar-refractivity contribution < 1.29 is 9.53 Å². The number of carbonyl (C=O) groups excluding carboxylic acids is 1. The highest BCUT2D eigenvalue weighted by Gasteiger charge is 2.30. The van der Waals surface area contributed by atoms with E-state index in [0.29, 0.717) is 29.4 Å². The third-order valence-electron chi connectivity index (χ3n) is 5.95. The van der Waals surface area contributed by atoms with Crippen molar-refractivity contribution in [1.29, 1.82) is 0 Å². The van der Waals surface area contributed by atoms with Crippen LogP contribution >= 0.6 is 15.9 Å². The van der Waals surface area contributed by atoms with E-state index in [2.05, 4.69) is 41.6 Å². The number of rotatable bonds is 7. The summed E-state index contributed by atoms with van der Waals surface area (Å²) in [5.41, 5.74) is 2.52. The maximum Gasteiger partial charge on any atom is 0.224 e. The van der Waals surface area contributed by atoms with Crippen molar-refractivity contribution in [3.8, 4) is 5.69 Å². The standard InChI is InChI=1S/C23H24BrN7O2/c1-33-10-9-26-22(32)15-4-5-16(11-15)28-23-27-13-18-20(24)30-31(21(18)29-23)17-6-7-19-14(12-17)3-2-8-25-19/h2-3,6-8,12-13,15-16H,4-5,9-11H2,1H3,(H,26,32)(H,27,28,29)/t15-,16-/m0/s1. The summed E-state index contributed by atoms with van der Waals surface area (Å²) < 4.78 is 7.49. The first-order chi connectivity index (χ1) is 16.1. The highest BCUT2D eigenvalue weighted by Crippen LogP contribution is 2.29. The van der Waals surface area contributed by atoms with Crippen molar-refractivity contribution in [3.05, 3.63) is 47.3 Å². The lowest BCUT2D eigenvalue weighted by Crippen LogP contribution is -2.32. The Labute approximate surface area is 199 Å². The number of anilines is 1. The zero-order chi connectivity index (χ0) is 22.8. The number of hydrogen-bond donors (Lipinski definition) is 2. The van der Waals surface area contributed by atoms with Gasteiger partial charge in [-0.15, -0.1) is 0 Å². The van der Waals surface area contributed by atoms with E-state index in [0.717, 1.165) is 41.2 Å². The van der Waals surface area contributed by atoms with Crippen molar-refractivity contribution >= 4 is 49.7 Å². The summed E-state index contributed by atoms with van der Waals surface area (Å²) >= 11 is 3.53. The molecular weight excluding hydrogens is 486 g/mol. The number of fused-ring (bicyclic) bond motifs is 2. The highest BCUT2D eigenvalue weighted by molar-refractivity contribution is 9.10. The zero-order valence-electron chi connectivity index (χ0n) is 18.2. The normalized spacial score (nSPS) is 18.1. The van der Waals surface area contributed by atoms with Crippen molar-refractivity contribution in [2.75, 3.05) is 25.6 Å². The summed E-state index contributed by atoms with van der Waals surface area (Å²) in [6.07, 6.45) is 6.03. The Bertz CT molecular complexity index is 1310. The molecule has 5 rings (SSSR count). The molecule has 1 fully saturated rings. The maximum absolute atomic E-state index is 12.3. The minimum atomic E-state index is -0.00558. The molecule has 1 saturated carbocycles. The molecule has 2 N–H and O–H groups in total. The number of methoxy groups -OCH3 is 1. The molecule has 1 aliphatic carbocycles. The van der Waals surface area contributed by atoms with Crippen molar-refractivity contribution in [2.45, 2.75) is 25.3 Å². The Kier molecular flexibility index (Phi) is 6.19. The molecular formula is C23H24BrN7O2. The van der Waals surface area contributed by atoms with Gasteiger partial charge in [0.05, 0.1) is 23.2 Å². The molecule has 0 radical (unpaired) electrons. The third-order valence-corrected chi connectivity index (χ3v) is 6.54. The minimum Gasteiger partial charge on any atom is -0.383 e. The van der Waals surface area contributed by atoms with Crippen LogP contribution in [0.5, 0.6) is 0 Å². The zero-order valence-corrected chi connectivity index (χ0v) is 19.7. The van der Waals surface area contributed by atoms with Crippen LogP contribution in [0.1, 0.15) is 19.3 Å². The van der Waals surface area contributed by atoms with Gasteiger partial charge in [0.2, 0.25) is 11.9 Å². The smallest absolute Gasteiger partial charge is 0.224 e. The van der Waals surface area contributed by atoms with Crippen LogP contribution in [-0.2, 0) is 9.53 Å². The lowest BCUT2D eigenvalue weighted by molar-refractivity contribution is -0.125. The molecule has 0 aliphatic heterocycles. The van der Waals surface area contributed by atoms with E-state index in [1.807, 2.05) is 30.3 Å². The first-order valence-corrected chi connectivity index (χ1v) is 11.7. The number of nitrogens with one attached hydrogen (secondary N) is 2. The van der Waals surface area contributed by atoms with E-state index >= 15 is 0 Å². The van der Waals surface area contributed by atoms with Crippen molar-refractivity contribution in [2.24, 2.45) is 5.92 Å². The molecule has 10 heteroatoms. The Morgan fingerprint density at radius 3 is 3.06 bits per heavy atom. The first-order valence-electron chi connectivity index (χ1n) is 10.9. The monoisotopic (exact) mass is 509 g/mol. The molecule has 170 valence electrons. The topological polar surface area (TPSA) is 107 Å². The van der Waals surface area contributed by atoms with Crippen LogP contribution in [0, 0.1) is 5.92 Å². The molecule has 0 spiro atoms. The molecule has 1 aliphatic rings. The molecule has 1 aromatic carbocycles. The van der Waals surface area contributed by atoms with Crippen LogP contribution < -0.4 is 10.6 Å². The summed E-state index contributed by atoms with van der Waals surface area (Å²) in [6, 6.07) is 10.1. The van der Waals surface area contributed by atoms with Crippen LogP contribution in [0.2, 0.25) is 0 Å². The number of ether oxygens (including phenoxy) is 1. The molecule has 9 nitrogen and oxygen atoms in total. The van der Waals surface area contributed by atoms with E-state index in [9.17, 15) is 4.79 Å². The van der Waals surface area contributed by atoms with E-state index in [4.69, 9.17) is 9.72 Å². The van der Waals surface area contributed by atoms with E-state index in [-0.39, 0.29) is 17.9 Å². The number of hydrogen-bond acceptors (Lipinski definition) is 7. The molecule has 3 heterocycles. The second-order valence-electron chi connectivity index (χ2n) is 8.15. The van der Waals surface area contributed by atoms with Gasteiger partial charge in [0, 0.05) is 43.4 Å². The van der Waals surface area contributed by atoms with Crippen LogP contribution in [0.25, 0.3) is 27.6 Å². The van der Waals surface area contributed by atoms with Gasteiger partial charge < -0.3 is 15.4 Å². The number of amides is 1. The van der Waals surface area contributed by atoms with Crippen molar-refractivity contribution in [1.82, 2.24) is 30.0 Å². The summed E-state index contributed by atoms with van der Waals surface area (Å²) in [4.78, 5) is 26.0. The van der Waals surface area contributed by atoms with Crippen LogP contribution in [-0.4, -0.2) is 56.9 Å². The average molecular weight is 510 g/mol. The van der Waals surface area contributed by atoms with Gasteiger partial charge in [-0.2, -0.15) is 10.1 Å². The van der Waals surface area contributed by atoms with Gasteiger partial charge in [0.25, 0.3) is 0 Å². The molecule has 1 amide bonds. The van der Waals surface area contributed by atoms with Gasteiger partial charge in [-0.05, 0) is 59.5 Å². The fraction of sp³-hybridized carbons (Fsp3) is 0.348. The molecule has 0 bridgehead atoms. The van der Waals surface area contributed by atoms with Gasteiger partial charge >= 0.3 is 0 Å². The molecule has 3 aromatic heterocycles. The van der Waals surface area contributed by atoms with Gasteiger partial charge in [-0.25, -0.2) is 9.67 Å². The lowest BCUT2D eigenvalue weighted by atomic mass is 10.1. The van der Waals surface area contributed by atoms with Crippen LogP contribution in [0.3, 0.4) is 0 Å². The fourth-order valence-corrected chi connectivity index (χ4v) is 4.71. The Morgan fingerprint density at radius 2 is 2.18 bits per heavy atom.